The second kappa shape index (κ2) is 6.47. The van der Waals surface area contributed by atoms with Crippen molar-refractivity contribution in [1.82, 2.24) is 39.5 Å². The van der Waals surface area contributed by atoms with Gasteiger partial charge in [0.15, 0.2) is 5.82 Å². The Kier molecular flexibility index (Phi) is 3.84. The van der Waals surface area contributed by atoms with Crippen LogP contribution in [-0.2, 0) is 6.54 Å². The van der Waals surface area contributed by atoms with Crippen molar-refractivity contribution < 1.29 is 0 Å². The summed E-state index contributed by atoms with van der Waals surface area (Å²) in [6.07, 6.45) is 13.1. The molecular formula is C17H21N9. The molecule has 9 heteroatoms. The molecule has 2 fully saturated rings. The molecule has 1 aliphatic carbocycles. The van der Waals surface area contributed by atoms with Crippen molar-refractivity contribution >= 4 is 5.82 Å². The van der Waals surface area contributed by atoms with Crippen molar-refractivity contribution in [2.45, 2.75) is 44.2 Å². The molecule has 0 aromatic carbocycles. The van der Waals surface area contributed by atoms with Gasteiger partial charge < -0.3 is 9.47 Å². The lowest BCUT2D eigenvalue weighted by molar-refractivity contribution is 0.458. The average molecular weight is 351 g/mol. The van der Waals surface area contributed by atoms with Gasteiger partial charge in [0.25, 0.3) is 0 Å². The first kappa shape index (κ1) is 15.4. The molecule has 2 aliphatic rings. The molecule has 1 saturated heterocycles. The van der Waals surface area contributed by atoms with Crippen molar-refractivity contribution in [2.24, 2.45) is 0 Å². The molecule has 0 spiro atoms. The summed E-state index contributed by atoms with van der Waals surface area (Å²) in [5.41, 5.74) is 0. The highest BCUT2D eigenvalue weighted by Crippen LogP contribution is 2.40. The fourth-order valence-electron chi connectivity index (χ4n) is 3.73. The van der Waals surface area contributed by atoms with Gasteiger partial charge in [-0.1, -0.05) is 0 Å². The van der Waals surface area contributed by atoms with E-state index in [2.05, 4.69) is 39.7 Å². The number of rotatable bonds is 5. The third-order valence-electron chi connectivity index (χ3n) is 5.21. The van der Waals surface area contributed by atoms with E-state index in [1.54, 1.807) is 25.0 Å². The number of piperidine rings is 1. The summed E-state index contributed by atoms with van der Waals surface area (Å²) < 4.78 is 4.17. The van der Waals surface area contributed by atoms with Gasteiger partial charge in [-0.3, -0.25) is 4.98 Å². The molecule has 0 amide bonds. The number of hydrogen-bond donors (Lipinski definition) is 0. The van der Waals surface area contributed by atoms with Crippen molar-refractivity contribution in [1.29, 1.82) is 0 Å². The molecule has 1 aliphatic heterocycles. The molecule has 0 atom stereocenters. The Labute approximate surface area is 151 Å². The van der Waals surface area contributed by atoms with Gasteiger partial charge in [0.2, 0.25) is 0 Å². The summed E-state index contributed by atoms with van der Waals surface area (Å²) in [5, 5.41) is 13.3. The minimum absolute atomic E-state index is 0.445. The second-order valence-electron chi connectivity index (χ2n) is 6.99. The third-order valence-corrected chi connectivity index (χ3v) is 5.21. The molecule has 3 aromatic heterocycles. The van der Waals surface area contributed by atoms with Crippen LogP contribution in [0.5, 0.6) is 0 Å². The predicted molar refractivity (Wildman–Crippen MR) is 93.6 cm³/mol. The standard InChI is InChI=1S/C17H21N9/c1-2-14(1)26-16(10-25-12-19-11-21-25)22-23-17(26)13-3-7-24(8-4-13)15-9-18-5-6-20-15/h5-6,9,11-14H,1-4,7-8,10H2. The van der Waals surface area contributed by atoms with Gasteiger partial charge in [-0.05, 0) is 25.7 Å². The van der Waals surface area contributed by atoms with Gasteiger partial charge in [-0.25, -0.2) is 14.6 Å². The minimum Gasteiger partial charge on any atom is -0.355 e. The first-order valence-electron chi connectivity index (χ1n) is 9.15. The van der Waals surface area contributed by atoms with Gasteiger partial charge in [0.1, 0.15) is 30.8 Å². The van der Waals surface area contributed by atoms with E-state index in [-0.39, 0.29) is 0 Å². The molecule has 5 rings (SSSR count). The largest absolute Gasteiger partial charge is 0.355 e. The monoisotopic (exact) mass is 351 g/mol. The van der Waals surface area contributed by atoms with Crippen LogP contribution in [0, 0.1) is 0 Å². The van der Waals surface area contributed by atoms with E-state index in [0.717, 1.165) is 43.4 Å². The number of aromatic nitrogens is 8. The number of hydrogen-bond acceptors (Lipinski definition) is 7. The Hall–Kier alpha value is -2.84. The van der Waals surface area contributed by atoms with E-state index in [1.807, 2.05) is 10.9 Å². The molecule has 0 bridgehead atoms. The highest BCUT2D eigenvalue weighted by Gasteiger charge is 2.33. The van der Waals surface area contributed by atoms with Gasteiger partial charge in [0.05, 0.1) is 6.20 Å². The van der Waals surface area contributed by atoms with Crippen LogP contribution in [0.1, 0.15) is 49.3 Å². The molecule has 3 aromatic rings. The lowest BCUT2D eigenvalue weighted by Crippen LogP contribution is -2.34. The van der Waals surface area contributed by atoms with E-state index in [0.29, 0.717) is 18.5 Å². The number of nitrogens with zero attached hydrogens (tertiary/aromatic N) is 9. The molecule has 0 unspecified atom stereocenters. The minimum atomic E-state index is 0.445. The van der Waals surface area contributed by atoms with E-state index in [1.165, 1.54) is 12.8 Å². The topological polar surface area (TPSA) is 90.4 Å². The summed E-state index contributed by atoms with van der Waals surface area (Å²) in [5.74, 6) is 3.53. The highest BCUT2D eigenvalue weighted by atomic mass is 15.4. The lowest BCUT2D eigenvalue weighted by atomic mass is 9.96. The first-order chi connectivity index (χ1) is 12.9. The van der Waals surface area contributed by atoms with Crippen LogP contribution in [0.2, 0.25) is 0 Å². The lowest BCUT2D eigenvalue weighted by Gasteiger charge is -2.32. The Bertz CT molecular complexity index is 846. The molecule has 9 nitrogen and oxygen atoms in total. The predicted octanol–water partition coefficient (Wildman–Crippen LogP) is 1.43. The molecule has 4 heterocycles. The normalized spacial score (nSPS) is 18.4. The SMILES string of the molecule is c1cnc(N2CCC(c3nnc(Cn4cncn4)n3C3CC3)CC2)cn1. The summed E-state index contributed by atoms with van der Waals surface area (Å²) >= 11 is 0. The second-order valence-corrected chi connectivity index (χ2v) is 6.99. The maximum atomic E-state index is 4.58. The molecule has 134 valence electrons. The van der Waals surface area contributed by atoms with Crippen molar-refractivity contribution in [3.8, 4) is 0 Å². The van der Waals surface area contributed by atoms with Crippen LogP contribution in [0.25, 0.3) is 0 Å². The number of anilines is 1. The quantitative estimate of drug-likeness (QED) is 0.687. The van der Waals surface area contributed by atoms with Gasteiger partial charge in [-0.2, -0.15) is 5.10 Å². The van der Waals surface area contributed by atoms with Crippen LogP contribution in [0.15, 0.2) is 31.2 Å². The zero-order chi connectivity index (χ0) is 17.3. The van der Waals surface area contributed by atoms with Crippen LogP contribution < -0.4 is 4.90 Å². The Morgan fingerprint density at radius 2 is 1.88 bits per heavy atom. The highest BCUT2D eigenvalue weighted by molar-refractivity contribution is 5.36. The Balaban J connectivity index is 1.33. The molecule has 0 N–H and O–H groups in total. The Morgan fingerprint density at radius 3 is 2.58 bits per heavy atom. The van der Waals surface area contributed by atoms with Crippen molar-refractivity contribution in [3.05, 3.63) is 42.9 Å². The molecule has 26 heavy (non-hydrogen) atoms. The van der Waals surface area contributed by atoms with Crippen molar-refractivity contribution in [3.63, 3.8) is 0 Å². The Morgan fingerprint density at radius 1 is 1.00 bits per heavy atom. The first-order valence-corrected chi connectivity index (χ1v) is 9.15. The zero-order valence-electron chi connectivity index (χ0n) is 14.5. The van der Waals surface area contributed by atoms with Gasteiger partial charge >= 0.3 is 0 Å². The summed E-state index contributed by atoms with van der Waals surface area (Å²) in [7, 11) is 0. The van der Waals surface area contributed by atoms with Crippen molar-refractivity contribution in [2.75, 3.05) is 18.0 Å². The summed E-state index contributed by atoms with van der Waals surface area (Å²) in [6, 6.07) is 0.552. The summed E-state index contributed by atoms with van der Waals surface area (Å²) in [4.78, 5) is 14.9. The third kappa shape index (κ3) is 2.93. The maximum absolute atomic E-state index is 4.58. The van der Waals surface area contributed by atoms with E-state index >= 15 is 0 Å². The molecule has 0 radical (unpaired) electrons. The van der Waals surface area contributed by atoms with Crippen LogP contribution in [0.3, 0.4) is 0 Å². The van der Waals surface area contributed by atoms with E-state index in [9.17, 15) is 0 Å². The van der Waals surface area contributed by atoms with Crippen LogP contribution in [0.4, 0.5) is 5.82 Å². The maximum Gasteiger partial charge on any atom is 0.155 e. The smallest absolute Gasteiger partial charge is 0.155 e. The average Bonchev–Trinajstić information content (AvgIpc) is 3.24. The molecule has 1 saturated carbocycles. The van der Waals surface area contributed by atoms with Gasteiger partial charge in [-0.15, -0.1) is 10.2 Å². The van der Waals surface area contributed by atoms with E-state index < -0.39 is 0 Å². The van der Waals surface area contributed by atoms with E-state index in [4.69, 9.17) is 0 Å². The van der Waals surface area contributed by atoms with Crippen LogP contribution >= 0.6 is 0 Å². The van der Waals surface area contributed by atoms with Crippen LogP contribution in [-0.4, -0.2) is 52.6 Å². The fourth-order valence-corrected chi connectivity index (χ4v) is 3.73. The zero-order valence-corrected chi connectivity index (χ0v) is 14.5. The van der Waals surface area contributed by atoms with Gasteiger partial charge in [0, 0.05) is 37.4 Å². The fraction of sp³-hybridized carbons (Fsp3) is 0.529. The summed E-state index contributed by atoms with van der Waals surface area (Å²) in [6.45, 7) is 2.57. The molecular weight excluding hydrogens is 330 g/mol.